The summed E-state index contributed by atoms with van der Waals surface area (Å²) in [5.41, 5.74) is 13.5. The summed E-state index contributed by atoms with van der Waals surface area (Å²) in [6, 6.07) is 28.2. The molecule has 0 aliphatic heterocycles. The molecule has 250 valence electrons. The van der Waals surface area contributed by atoms with Crippen LogP contribution in [0.5, 0.6) is 0 Å². The lowest BCUT2D eigenvalue weighted by Crippen LogP contribution is -2.02. The van der Waals surface area contributed by atoms with E-state index in [0.29, 0.717) is 11.4 Å². The van der Waals surface area contributed by atoms with Gasteiger partial charge < -0.3 is 16.6 Å². The first kappa shape index (κ1) is 39.9. The molecule has 0 saturated carbocycles. The summed E-state index contributed by atoms with van der Waals surface area (Å²) >= 11 is 0. The van der Waals surface area contributed by atoms with Gasteiger partial charge in [-0.2, -0.15) is 10.2 Å². The van der Waals surface area contributed by atoms with Crippen LogP contribution in [0.15, 0.2) is 111 Å². The van der Waals surface area contributed by atoms with Gasteiger partial charge in [0.05, 0.1) is 28.3 Å². The number of nitrogens with zero attached hydrogens (tertiary/aromatic N) is 4. The summed E-state index contributed by atoms with van der Waals surface area (Å²) in [7, 11) is 0. The number of azo groups is 2. The molecule has 0 aromatic heterocycles. The third-order valence-corrected chi connectivity index (χ3v) is 5.57. The minimum atomic E-state index is -1.23. The molecule has 0 bridgehead atoms. The summed E-state index contributed by atoms with van der Waals surface area (Å²) in [6.45, 7) is 17.0. The smallest absolute Gasteiger partial charge is 0.338 e. The number of anilines is 2. The van der Waals surface area contributed by atoms with Crippen LogP contribution < -0.4 is 11.5 Å². The Bertz CT molecular complexity index is 1720. The Morgan fingerprint density at radius 2 is 0.894 bits per heavy atom. The van der Waals surface area contributed by atoms with Crippen molar-refractivity contribution < 1.29 is 9.90 Å². The van der Waals surface area contributed by atoms with Crippen molar-refractivity contribution >= 4 is 61.6 Å². The highest BCUT2D eigenvalue weighted by Gasteiger charge is 2.19. The molecule has 5 rings (SSSR count). The van der Waals surface area contributed by atoms with Gasteiger partial charge in [0.15, 0.2) is 0 Å². The number of rotatable bonds is 5. The SMILES string of the molecule is CCC.CCC.CCC.CCC.Nc1cc(C(=O)O)c(N=Nc2ccc3ccccc3c2)c(N)c1N=Nc1ccc2ccccc2c1. The molecule has 0 radical (unpaired) electrons. The minimum Gasteiger partial charge on any atom is -0.478 e. The second kappa shape index (κ2) is 22.4. The lowest BCUT2D eigenvalue weighted by Gasteiger charge is -2.10. The zero-order valence-electron chi connectivity index (χ0n) is 29.3. The lowest BCUT2D eigenvalue weighted by molar-refractivity contribution is 0.0698. The van der Waals surface area contributed by atoms with E-state index in [1.807, 2.05) is 78.9 Å². The average Bonchev–Trinajstić information content (AvgIpc) is 3.05. The van der Waals surface area contributed by atoms with E-state index in [-0.39, 0.29) is 28.3 Å². The van der Waals surface area contributed by atoms with Gasteiger partial charge in [0, 0.05) is 0 Å². The highest BCUT2D eigenvalue weighted by atomic mass is 16.4. The number of aromatic carboxylic acids is 1. The molecule has 0 saturated heterocycles. The summed E-state index contributed by atoms with van der Waals surface area (Å²) in [4.78, 5) is 11.9. The number of fused-ring (bicyclic) bond motifs is 2. The molecule has 0 amide bonds. The number of benzene rings is 5. The first-order valence-corrected chi connectivity index (χ1v) is 16.4. The van der Waals surface area contributed by atoms with Crippen molar-refractivity contribution in [1.29, 1.82) is 0 Å². The predicted molar refractivity (Wildman–Crippen MR) is 202 cm³/mol. The van der Waals surface area contributed by atoms with Crippen molar-refractivity contribution in [3.63, 3.8) is 0 Å². The van der Waals surface area contributed by atoms with Crippen LogP contribution in [0.2, 0.25) is 0 Å². The molecular formula is C39H52N6O2. The highest BCUT2D eigenvalue weighted by Crippen LogP contribution is 2.42. The van der Waals surface area contributed by atoms with Gasteiger partial charge >= 0.3 is 5.97 Å². The Morgan fingerprint density at radius 3 is 1.28 bits per heavy atom. The highest BCUT2D eigenvalue weighted by molar-refractivity contribution is 6.02. The fraction of sp³-hybridized carbons (Fsp3) is 0.308. The van der Waals surface area contributed by atoms with Crippen LogP contribution in [-0.4, -0.2) is 11.1 Å². The van der Waals surface area contributed by atoms with Crippen molar-refractivity contribution in [1.82, 2.24) is 0 Å². The monoisotopic (exact) mass is 636 g/mol. The van der Waals surface area contributed by atoms with Gasteiger partial charge in [0.1, 0.15) is 11.4 Å². The molecule has 0 aliphatic rings. The van der Waals surface area contributed by atoms with Crippen LogP contribution in [-0.2, 0) is 0 Å². The normalized spacial score (nSPS) is 10.2. The van der Waals surface area contributed by atoms with Gasteiger partial charge in [-0.05, 0) is 51.9 Å². The molecular weight excluding hydrogens is 584 g/mol. The summed E-state index contributed by atoms with van der Waals surface area (Å²) in [6.07, 6.45) is 5.00. The van der Waals surface area contributed by atoms with Gasteiger partial charge in [-0.15, -0.1) is 10.2 Å². The number of nitrogen functional groups attached to an aromatic ring is 2. The largest absolute Gasteiger partial charge is 0.478 e. The molecule has 0 heterocycles. The molecule has 0 unspecified atom stereocenters. The molecule has 5 aromatic carbocycles. The Morgan fingerprint density at radius 1 is 0.532 bits per heavy atom. The van der Waals surface area contributed by atoms with Crippen molar-refractivity contribution in [2.75, 3.05) is 11.5 Å². The predicted octanol–water partition coefficient (Wildman–Crippen LogP) is 13.4. The van der Waals surface area contributed by atoms with E-state index < -0.39 is 5.97 Å². The van der Waals surface area contributed by atoms with Gasteiger partial charge in [-0.1, -0.05) is 142 Å². The van der Waals surface area contributed by atoms with Crippen molar-refractivity contribution in [3.05, 3.63) is 96.6 Å². The summed E-state index contributed by atoms with van der Waals surface area (Å²) < 4.78 is 0. The summed E-state index contributed by atoms with van der Waals surface area (Å²) in [5, 5.41) is 30.7. The number of carboxylic acids is 1. The molecule has 5 aromatic rings. The minimum absolute atomic E-state index is 0.0171. The average molecular weight is 637 g/mol. The number of hydrogen-bond donors (Lipinski definition) is 3. The molecule has 0 fully saturated rings. The molecule has 5 N–H and O–H groups in total. The molecule has 0 aliphatic carbocycles. The van der Waals surface area contributed by atoms with E-state index in [1.165, 1.54) is 31.7 Å². The fourth-order valence-corrected chi connectivity index (χ4v) is 3.78. The Balaban J connectivity index is 0.000000806. The Hall–Kier alpha value is -5.11. The maximum absolute atomic E-state index is 11.9. The standard InChI is InChI=1S/C27H20N6O2.4C3H8/c28-23-15-22(27(34)35)25(32-30-20-11-9-16-5-1-3-7-18(16)13-20)24(29)26(23)33-31-21-12-10-17-6-2-4-8-19(17)14-21;4*1-3-2/h1-15H,28-29H2,(H,34,35);4*3H2,1-2H3. The third-order valence-electron chi connectivity index (χ3n) is 5.57. The van der Waals surface area contributed by atoms with Crippen LogP contribution in [0.3, 0.4) is 0 Å². The molecule has 8 heteroatoms. The molecule has 0 spiro atoms. The fourth-order valence-electron chi connectivity index (χ4n) is 3.78. The Kier molecular flexibility index (Phi) is 19.0. The van der Waals surface area contributed by atoms with Crippen LogP contribution in [0, 0.1) is 0 Å². The third kappa shape index (κ3) is 13.0. The first-order chi connectivity index (χ1) is 22.6. The maximum atomic E-state index is 11.9. The van der Waals surface area contributed by atoms with E-state index >= 15 is 0 Å². The zero-order valence-corrected chi connectivity index (χ0v) is 29.3. The van der Waals surface area contributed by atoms with Crippen molar-refractivity contribution in [2.45, 2.75) is 81.1 Å². The van der Waals surface area contributed by atoms with Gasteiger partial charge in [0.25, 0.3) is 0 Å². The number of nitrogens with two attached hydrogens (primary N) is 2. The molecule has 47 heavy (non-hydrogen) atoms. The second-order valence-electron chi connectivity index (χ2n) is 10.7. The van der Waals surface area contributed by atoms with Crippen LogP contribution in [0.4, 0.5) is 34.1 Å². The van der Waals surface area contributed by atoms with Gasteiger partial charge in [-0.25, -0.2) is 4.79 Å². The van der Waals surface area contributed by atoms with E-state index in [9.17, 15) is 9.90 Å². The number of hydrogen-bond acceptors (Lipinski definition) is 7. The first-order valence-electron chi connectivity index (χ1n) is 16.4. The quantitative estimate of drug-likeness (QED) is 0.130. The second-order valence-corrected chi connectivity index (χ2v) is 10.7. The summed E-state index contributed by atoms with van der Waals surface area (Å²) in [5.74, 6) is -1.23. The maximum Gasteiger partial charge on any atom is 0.338 e. The van der Waals surface area contributed by atoms with Gasteiger partial charge in [-0.3, -0.25) is 0 Å². The number of carboxylic acid groups (broad SMARTS) is 1. The van der Waals surface area contributed by atoms with Crippen LogP contribution >= 0.6 is 0 Å². The van der Waals surface area contributed by atoms with E-state index in [1.54, 1.807) is 6.07 Å². The van der Waals surface area contributed by atoms with Crippen molar-refractivity contribution in [2.24, 2.45) is 20.5 Å². The Labute approximate surface area is 280 Å². The number of carbonyl (C=O) groups is 1. The van der Waals surface area contributed by atoms with Crippen LogP contribution in [0.1, 0.15) is 91.4 Å². The van der Waals surface area contributed by atoms with E-state index in [0.717, 1.165) is 21.5 Å². The zero-order chi connectivity index (χ0) is 35.2. The van der Waals surface area contributed by atoms with E-state index in [2.05, 4.69) is 75.8 Å². The van der Waals surface area contributed by atoms with Crippen LogP contribution in [0.25, 0.3) is 21.5 Å². The van der Waals surface area contributed by atoms with Crippen molar-refractivity contribution in [3.8, 4) is 0 Å². The molecule has 0 atom stereocenters. The van der Waals surface area contributed by atoms with E-state index in [4.69, 9.17) is 11.5 Å². The topological polar surface area (TPSA) is 139 Å². The lowest BCUT2D eigenvalue weighted by atomic mass is 10.1. The molecule has 8 nitrogen and oxygen atoms in total. The van der Waals surface area contributed by atoms with Gasteiger partial charge in [0.2, 0.25) is 0 Å².